The third kappa shape index (κ3) is 2.89. The van der Waals surface area contributed by atoms with Crippen LogP contribution in [0.4, 0.5) is 11.4 Å². The topological polar surface area (TPSA) is 89.4 Å². The number of primary sulfonamides is 1. The number of hydrogen-bond donors (Lipinski definition) is 2. The first-order chi connectivity index (χ1) is 7.79. The van der Waals surface area contributed by atoms with Gasteiger partial charge in [0.2, 0.25) is 10.0 Å². The number of nitrogen functional groups attached to an aromatic ring is 1. The Labute approximate surface area is 102 Å². The zero-order chi connectivity index (χ0) is 13.2. The minimum atomic E-state index is -3.77. The van der Waals surface area contributed by atoms with Gasteiger partial charge in [0.05, 0.1) is 11.4 Å². The molecule has 0 radical (unpaired) electrons. The van der Waals surface area contributed by atoms with Gasteiger partial charge in [0, 0.05) is 13.1 Å². The largest absolute Gasteiger partial charge is 0.396 e. The van der Waals surface area contributed by atoms with Gasteiger partial charge in [-0.15, -0.1) is 0 Å². The lowest BCUT2D eigenvalue weighted by Crippen LogP contribution is -2.29. The summed E-state index contributed by atoms with van der Waals surface area (Å²) in [7, 11) is -1.89. The van der Waals surface area contributed by atoms with Crippen molar-refractivity contribution < 1.29 is 8.42 Å². The molecular formula is C11H19N3O2S. The maximum absolute atomic E-state index is 11.3. The quantitative estimate of drug-likeness (QED) is 0.792. The Bertz CT molecular complexity index is 499. The van der Waals surface area contributed by atoms with Gasteiger partial charge >= 0.3 is 0 Å². The smallest absolute Gasteiger partial charge is 0.240 e. The summed E-state index contributed by atoms with van der Waals surface area (Å²) >= 11 is 0. The molecule has 6 heteroatoms. The molecule has 0 heterocycles. The van der Waals surface area contributed by atoms with Crippen molar-refractivity contribution in [3.05, 3.63) is 18.2 Å². The van der Waals surface area contributed by atoms with E-state index in [1.165, 1.54) is 6.07 Å². The normalized spacial score (nSPS) is 13.4. The van der Waals surface area contributed by atoms with E-state index in [9.17, 15) is 8.42 Å². The maximum atomic E-state index is 11.3. The first-order valence-electron chi connectivity index (χ1n) is 5.43. The molecule has 0 saturated heterocycles. The molecule has 0 aliphatic carbocycles. The molecule has 1 unspecified atom stereocenters. The molecular weight excluding hydrogens is 238 g/mol. The molecule has 0 fully saturated rings. The Morgan fingerprint density at radius 3 is 2.47 bits per heavy atom. The highest BCUT2D eigenvalue weighted by molar-refractivity contribution is 7.89. The summed E-state index contributed by atoms with van der Waals surface area (Å²) in [5.41, 5.74) is 6.75. The van der Waals surface area contributed by atoms with Gasteiger partial charge in [-0.05, 0) is 25.5 Å². The van der Waals surface area contributed by atoms with Crippen LogP contribution in [0.1, 0.15) is 20.3 Å². The summed E-state index contributed by atoms with van der Waals surface area (Å²) < 4.78 is 22.7. The Hall–Kier alpha value is -1.27. The Kier molecular flexibility index (Phi) is 4.00. The summed E-state index contributed by atoms with van der Waals surface area (Å²) in [6.07, 6.45) is 0.940. The van der Waals surface area contributed by atoms with Crippen molar-refractivity contribution in [1.29, 1.82) is 0 Å². The van der Waals surface area contributed by atoms with Crippen molar-refractivity contribution in [3.63, 3.8) is 0 Å². The van der Waals surface area contributed by atoms with E-state index in [1.54, 1.807) is 12.1 Å². The van der Waals surface area contributed by atoms with Crippen molar-refractivity contribution >= 4 is 21.4 Å². The highest BCUT2D eigenvalue weighted by Crippen LogP contribution is 2.29. The van der Waals surface area contributed by atoms with E-state index in [1.807, 2.05) is 18.9 Å². The van der Waals surface area contributed by atoms with E-state index in [2.05, 4.69) is 6.92 Å². The van der Waals surface area contributed by atoms with Gasteiger partial charge in [-0.25, -0.2) is 13.6 Å². The van der Waals surface area contributed by atoms with Crippen molar-refractivity contribution in [1.82, 2.24) is 0 Å². The molecule has 96 valence electrons. The van der Waals surface area contributed by atoms with Crippen LogP contribution in [-0.2, 0) is 10.0 Å². The lowest BCUT2D eigenvalue weighted by Gasteiger charge is -2.27. The molecule has 0 saturated carbocycles. The fourth-order valence-corrected chi connectivity index (χ4v) is 2.28. The minimum Gasteiger partial charge on any atom is -0.396 e. The van der Waals surface area contributed by atoms with Crippen molar-refractivity contribution in [2.75, 3.05) is 17.7 Å². The molecule has 0 amide bonds. The molecule has 17 heavy (non-hydrogen) atoms. The molecule has 0 aliphatic heterocycles. The number of sulfonamides is 1. The zero-order valence-electron chi connectivity index (χ0n) is 10.3. The third-order valence-electron chi connectivity index (χ3n) is 2.98. The molecule has 0 aromatic heterocycles. The van der Waals surface area contributed by atoms with Gasteiger partial charge in [0.15, 0.2) is 0 Å². The van der Waals surface area contributed by atoms with Crippen LogP contribution in [0.25, 0.3) is 0 Å². The predicted octanol–water partition coefficient (Wildman–Crippen LogP) is 1.15. The average Bonchev–Trinajstić information content (AvgIpc) is 2.25. The molecule has 1 atom stereocenters. The van der Waals surface area contributed by atoms with Crippen molar-refractivity contribution in [2.45, 2.75) is 31.2 Å². The fourth-order valence-electron chi connectivity index (χ4n) is 1.60. The molecule has 0 spiro atoms. The van der Waals surface area contributed by atoms with E-state index >= 15 is 0 Å². The highest BCUT2D eigenvalue weighted by Gasteiger charge is 2.18. The highest BCUT2D eigenvalue weighted by atomic mass is 32.2. The predicted molar refractivity (Wildman–Crippen MR) is 70.4 cm³/mol. The monoisotopic (exact) mass is 257 g/mol. The van der Waals surface area contributed by atoms with E-state index in [0.717, 1.165) is 6.42 Å². The molecule has 1 aromatic carbocycles. The standard InChI is InChI=1S/C11H19N3O2S/c1-4-8(2)14(3)9-6-5-7-10(11(9)12)17(13,15)16/h5-8H,4,12H2,1-3H3,(H2,13,15,16). The van der Waals surface area contributed by atoms with Crippen LogP contribution < -0.4 is 15.8 Å². The molecule has 4 N–H and O–H groups in total. The number of anilines is 2. The maximum Gasteiger partial charge on any atom is 0.240 e. The molecule has 1 aromatic rings. The lowest BCUT2D eigenvalue weighted by atomic mass is 10.2. The first kappa shape index (κ1) is 13.8. The summed E-state index contributed by atoms with van der Waals surface area (Å²) in [4.78, 5) is 1.93. The van der Waals surface area contributed by atoms with Crippen LogP contribution in [0.2, 0.25) is 0 Å². The minimum absolute atomic E-state index is 0.0230. The summed E-state index contributed by atoms with van der Waals surface area (Å²) in [6, 6.07) is 5.12. The molecule has 5 nitrogen and oxygen atoms in total. The van der Waals surface area contributed by atoms with Crippen LogP contribution in [0.15, 0.2) is 23.1 Å². The Balaban J connectivity index is 3.29. The molecule has 0 aliphatic rings. The third-order valence-corrected chi connectivity index (χ3v) is 3.95. The van der Waals surface area contributed by atoms with Crippen LogP contribution in [0, 0.1) is 0 Å². The zero-order valence-corrected chi connectivity index (χ0v) is 11.2. The average molecular weight is 257 g/mol. The SMILES string of the molecule is CCC(C)N(C)c1cccc(S(N)(=O)=O)c1N. The van der Waals surface area contributed by atoms with E-state index in [-0.39, 0.29) is 16.6 Å². The van der Waals surface area contributed by atoms with Crippen molar-refractivity contribution in [3.8, 4) is 0 Å². The number of nitrogens with two attached hydrogens (primary N) is 2. The summed E-state index contributed by atoms with van der Waals surface area (Å²) in [6.45, 7) is 4.10. The summed E-state index contributed by atoms with van der Waals surface area (Å²) in [5.74, 6) is 0. The van der Waals surface area contributed by atoms with E-state index < -0.39 is 10.0 Å². The second kappa shape index (κ2) is 4.93. The number of rotatable bonds is 4. The van der Waals surface area contributed by atoms with Crippen molar-refractivity contribution in [2.24, 2.45) is 5.14 Å². The molecule has 1 rings (SSSR count). The van der Waals surface area contributed by atoms with E-state index in [0.29, 0.717) is 5.69 Å². The van der Waals surface area contributed by atoms with Gasteiger partial charge in [-0.1, -0.05) is 13.0 Å². The Morgan fingerprint density at radius 1 is 1.41 bits per heavy atom. The van der Waals surface area contributed by atoms with Gasteiger partial charge in [-0.2, -0.15) is 0 Å². The molecule has 0 bridgehead atoms. The lowest BCUT2D eigenvalue weighted by molar-refractivity contribution is 0.598. The first-order valence-corrected chi connectivity index (χ1v) is 6.97. The van der Waals surface area contributed by atoms with Crippen LogP contribution in [0.3, 0.4) is 0 Å². The van der Waals surface area contributed by atoms with Gasteiger partial charge in [0.25, 0.3) is 0 Å². The van der Waals surface area contributed by atoms with E-state index in [4.69, 9.17) is 10.9 Å². The summed E-state index contributed by atoms with van der Waals surface area (Å²) in [5, 5.41) is 5.11. The second-order valence-electron chi connectivity index (χ2n) is 4.10. The Morgan fingerprint density at radius 2 is 2.00 bits per heavy atom. The van der Waals surface area contributed by atoms with Gasteiger partial charge in [-0.3, -0.25) is 0 Å². The fraction of sp³-hybridized carbons (Fsp3) is 0.455. The van der Waals surface area contributed by atoms with Gasteiger partial charge < -0.3 is 10.6 Å². The number of benzene rings is 1. The number of hydrogen-bond acceptors (Lipinski definition) is 4. The second-order valence-corrected chi connectivity index (χ2v) is 5.63. The number of nitrogens with zero attached hydrogens (tertiary/aromatic N) is 1. The van der Waals surface area contributed by atoms with Crippen LogP contribution in [0.5, 0.6) is 0 Å². The van der Waals surface area contributed by atoms with Crippen LogP contribution in [-0.4, -0.2) is 21.5 Å². The van der Waals surface area contributed by atoms with Gasteiger partial charge in [0.1, 0.15) is 4.90 Å². The van der Waals surface area contributed by atoms with Crippen LogP contribution >= 0.6 is 0 Å². The number of para-hydroxylation sites is 1.